The largest absolute Gasteiger partial charge is 0.336 e. The second-order valence-electron chi connectivity index (χ2n) is 7.36. The third-order valence-electron chi connectivity index (χ3n) is 4.97. The zero-order valence-electron chi connectivity index (χ0n) is 16.3. The van der Waals surface area contributed by atoms with Crippen molar-refractivity contribution in [3.63, 3.8) is 0 Å². The monoisotopic (exact) mass is 386 g/mol. The van der Waals surface area contributed by atoms with Crippen LogP contribution < -0.4 is 4.31 Å². The van der Waals surface area contributed by atoms with Gasteiger partial charge in [-0.2, -0.15) is 0 Å². The van der Waals surface area contributed by atoms with Gasteiger partial charge in [-0.05, 0) is 61.6 Å². The zero-order valence-corrected chi connectivity index (χ0v) is 17.1. The van der Waals surface area contributed by atoms with Gasteiger partial charge in [-0.25, -0.2) is 8.42 Å². The van der Waals surface area contributed by atoms with Crippen LogP contribution in [0.25, 0.3) is 0 Å². The summed E-state index contributed by atoms with van der Waals surface area (Å²) in [4.78, 5) is 14.9. The minimum absolute atomic E-state index is 0.172. The number of benzene rings is 2. The third-order valence-corrected chi connectivity index (χ3v) is 6.21. The predicted octanol–water partition coefficient (Wildman–Crippen LogP) is 3.04. The first kappa shape index (κ1) is 19.4. The molecule has 1 heterocycles. The summed E-state index contributed by atoms with van der Waals surface area (Å²) in [5, 5.41) is 0. The zero-order chi connectivity index (χ0) is 19.8. The summed E-state index contributed by atoms with van der Waals surface area (Å²) in [7, 11) is -3.61. The van der Waals surface area contributed by atoms with Gasteiger partial charge in [0, 0.05) is 13.1 Å². The van der Waals surface area contributed by atoms with Gasteiger partial charge in [0.05, 0.1) is 11.9 Å². The van der Waals surface area contributed by atoms with Crippen molar-refractivity contribution in [2.75, 3.05) is 17.1 Å². The van der Waals surface area contributed by atoms with Crippen molar-refractivity contribution in [3.8, 4) is 0 Å². The number of fused-ring (bicyclic) bond motifs is 1. The number of carbonyl (C=O) groups excluding carboxylic acids is 1. The Bertz CT molecular complexity index is 949. The van der Waals surface area contributed by atoms with Crippen LogP contribution >= 0.6 is 0 Å². The first-order valence-electron chi connectivity index (χ1n) is 9.10. The number of carbonyl (C=O) groups is 1. The topological polar surface area (TPSA) is 57.7 Å². The van der Waals surface area contributed by atoms with E-state index >= 15 is 0 Å². The van der Waals surface area contributed by atoms with E-state index in [0.29, 0.717) is 18.8 Å². The van der Waals surface area contributed by atoms with Crippen molar-refractivity contribution in [1.82, 2.24) is 4.90 Å². The molecule has 1 aliphatic rings. The number of nitrogens with zero attached hydrogens (tertiary/aromatic N) is 2. The molecule has 2 aromatic rings. The standard InChI is InChI=1S/C21H26N2O3S/c1-15-11-16(2)13-20(12-15)23(27(4,25)26)17(3)21(24)22-10-9-18-7-5-6-8-19(18)14-22/h5-8,11-13,17H,9-10,14H2,1-4H3/t17-/m0/s1. The van der Waals surface area contributed by atoms with E-state index in [9.17, 15) is 13.2 Å². The maximum Gasteiger partial charge on any atom is 0.246 e. The SMILES string of the molecule is Cc1cc(C)cc(N([C@@H](C)C(=O)N2CCc3ccccc3C2)S(C)(=O)=O)c1. The highest BCUT2D eigenvalue weighted by Gasteiger charge is 2.33. The fraction of sp³-hybridized carbons (Fsp3) is 0.381. The molecule has 3 rings (SSSR count). The molecule has 0 saturated carbocycles. The van der Waals surface area contributed by atoms with Crippen LogP contribution in [0.2, 0.25) is 0 Å². The molecule has 144 valence electrons. The molecular weight excluding hydrogens is 360 g/mol. The van der Waals surface area contributed by atoms with Gasteiger partial charge in [0.15, 0.2) is 0 Å². The molecule has 1 amide bonds. The van der Waals surface area contributed by atoms with Crippen LogP contribution in [0.5, 0.6) is 0 Å². The van der Waals surface area contributed by atoms with Crippen molar-refractivity contribution in [2.24, 2.45) is 0 Å². The molecular formula is C21H26N2O3S. The third kappa shape index (κ3) is 4.16. The minimum Gasteiger partial charge on any atom is -0.336 e. The van der Waals surface area contributed by atoms with E-state index in [1.165, 1.54) is 9.87 Å². The number of rotatable bonds is 4. The summed E-state index contributed by atoms with van der Waals surface area (Å²) >= 11 is 0. The smallest absolute Gasteiger partial charge is 0.246 e. The van der Waals surface area contributed by atoms with Gasteiger partial charge in [-0.1, -0.05) is 30.3 Å². The van der Waals surface area contributed by atoms with E-state index in [2.05, 4.69) is 6.07 Å². The molecule has 0 N–H and O–H groups in total. The van der Waals surface area contributed by atoms with E-state index in [1.807, 2.05) is 50.2 Å². The first-order chi connectivity index (χ1) is 12.7. The summed E-state index contributed by atoms with van der Waals surface area (Å²) in [6.45, 7) is 6.63. The van der Waals surface area contributed by atoms with Crippen molar-refractivity contribution in [3.05, 3.63) is 64.7 Å². The van der Waals surface area contributed by atoms with Crippen LogP contribution in [0, 0.1) is 13.8 Å². The molecule has 0 aromatic heterocycles. The second kappa shape index (κ2) is 7.35. The normalized spacial score (nSPS) is 15.2. The highest BCUT2D eigenvalue weighted by Crippen LogP contribution is 2.26. The average molecular weight is 387 g/mol. The Morgan fingerprint density at radius 2 is 1.67 bits per heavy atom. The van der Waals surface area contributed by atoms with Crippen molar-refractivity contribution in [1.29, 1.82) is 0 Å². The van der Waals surface area contributed by atoms with Crippen molar-refractivity contribution >= 4 is 21.6 Å². The average Bonchev–Trinajstić information content (AvgIpc) is 2.58. The Labute approximate surface area is 161 Å². The molecule has 0 spiro atoms. The van der Waals surface area contributed by atoms with Crippen molar-refractivity contribution in [2.45, 2.75) is 39.8 Å². The lowest BCUT2D eigenvalue weighted by Crippen LogP contribution is -2.50. The summed E-state index contributed by atoms with van der Waals surface area (Å²) in [6.07, 6.45) is 1.94. The Kier molecular flexibility index (Phi) is 5.29. The Hall–Kier alpha value is -2.34. The van der Waals surface area contributed by atoms with Crippen LogP contribution in [-0.4, -0.2) is 38.1 Å². The maximum atomic E-state index is 13.2. The molecule has 0 unspecified atom stereocenters. The van der Waals surface area contributed by atoms with Gasteiger partial charge in [0.2, 0.25) is 15.9 Å². The first-order valence-corrected chi connectivity index (χ1v) is 10.9. The molecule has 0 saturated heterocycles. The molecule has 0 fully saturated rings. The lowest BCUT2D eigenvalue weighted by molar-refractivity contribution is -0.132. The lowest BCUT2D eigenvalue weighted by Gasteiger charge is -2.35. The predicted molar refractivity (Wildman–Crippen MR) is 108 cm³/mol. The molecule has 1 atom stereocenters. The fourth-order valence-corrected chi connectivity index (χ4v) is 4.98. The van der Waals surface area contributed by atoms with Crippen LogP contribution in [0.15, 0.2) is 42.5 Å². The molecule has 0 radical (unpaired) electrons. The number of hydrogen-bond acceptors (Lipinski definition) is 3. The molecule has 0 bridgehead atoms. The van der Waals surface area contributed by atoms with Crippen LogP contribution in [0.3, 0.4) is 0 Å². The summed E-state index contributed by atoms with van der Waals surface area (Å²) in [6, 6.07) is 12.9. The van der Waals surface area contributed by atoms with E-state index in [4.69, 9.17) is 0 Å². The van der Waals surface area contributed by atoms with Gasteiger partial charge in [-0.15, -0.1) is 0 Å². The van der Waals surface area contributed by atoms with E-state index < -0.39 is 16.1 Å². The highest BCUT2D eigenvalue weighted by atomic mass is 32.2. The van der Waals surface area contributed by atoms with E-state index in [0.717, 1.165) is 29.4 Å². The number of hydrogen-bond donors (Lipinski definition) is 0. The van der Waals surface area contributed by atoms with Crippen LogP contribution in [-0.2, 0) is 27.8 Å². The summed E-state index contributed by atoms with van der Waals surface area (Å²) in [5.41, 5.74) is 4.84. The second-order valence-corrected chi connectivity index (χ2v) is 9.22. The molecule has 27 heavy (non-hydrogen) atoms. The Morgan fingerprint density at radius 1 is 1.07 bits per heavy atom. The highest BCUT2D eigenvalue weighted by molar-refractivity contribution is 7.92. The number of sulfonamides is 1. The quantitative estimate of drug-likeness (QED) is 0.812. The molecule has 2 aromatic carbocycles. The Morgan fingerprint density at radius 3 is 2.26 bits per heavy atom. The van der Waals surface area contributed by atoms with Gasteiger partial charge < -0.3 is 4.90 Å². The number of anilines is 1. The number of aryl methyl sites for hydroxylation is 2. The van der Waals surface area contributed by atoms with Crippen molar-refractivity contribution < 1.29 is 13.2 Å². The Balaban J connectivity index is 1.91. The molecule has 1 aliphatic heterocycles. The minimum atomic E-state index is -3.61. The lowest BCUT2D eigenvalue weighted by atomic mass is 9.99. The summed E-state index contributed by atoms with van der Waals surface area (Å²) in [5.74, 6) is -0.172. The maximum absolute atomic E-state index is 13.2. The molecule has 5 nitrogen and oxygen atoms in total. The molecule has 0 aliphatic carbocycles. The fourth-order valence-electron chi connectivity index (χ4n) is 3.83. The van der Waals surface area contributed by atoms with Gasteiger partial charge in [-0.3, -0.25) is 9.10 Å². The molecule has 6 heteroatoms. The van der Waals surface area contributed by atoms with Gasteiger partial charge in [0.1, 0.15) is 6.04 Å². The van der Waals surface area contributed by atoms with E-state index in [-0.39, 0.29) is 5.91 Å². The van der Waals surface area contributed by atoms with Gasteiger partial charge in [0.25, 0.3) is 0 Å². The summed E-state index contributed by atoms with van der Waals surface area (Å²) < 4.78 is 26.3. The van der Waals surface area contributed by atoms with Gasteiger partial charge >= 0.3 is 0 Å². The van der Waals surface area contributed by atoms with E-state index in [1.54, 1.807) is 11.8 Å². The van der Waals surface area contributed by atoms with Crippen LogP contribution in [0.1, 0.15) is 29.2 Å². The number of amides is 1. The van der Waals surface area contributed by atoms with Crippen LogP contribution in [0.4, 0.5) is 5.69 Å².